The second kappa shape index (κ2) is 13.1. The van der Waals surface area contributed by atoms with Crippen LogP contribution < -0.4 is 5.32 Å². The predicted octanol–water partition coefficient (Wildman–Crippen LogP) is 6.88. The Balaban J connectivity index is 2.03. The molecule has 0 aromatic heterocycles. The quantitative estimate of drug-likeness (QED) is 0.300. The molecule has 0 saturated heterocycles. The Kier molecular flexibility index (Phi) is 10.2. The molecular formula is C28H28Cl3FN2O2. The third kappa shape index (κ3) is 7.45. The van der Waals surface area contributed by atoms with Gasteiger partial charge in [0.25, 0.3) is 0 Å². The molecule has 0 fully saturated rings. The zero-order chi connectivity index (χ0) is 26.2. The lowest BCUT2D eigenvalue weighted by atomic mass is 10.0. The highest BCUT2D eigenvalue weighted by molar-refractivity contribution is 6.42. The van der Waals surface area contributed by atoms with E-state index in [0.717, 1.165) is 12.0 Å². The lowest BCUT2D eigenvalue weighted by Crippen LogP contribution is -2.52. The number of hydrogen-bond donors (Lipinski definition) is 1. The van der Waals surface area contributed by atoms with E-state index in [9.17, 15) is 14.0 Å². The fourth-order valence-electron chi connectivity index (χ4n) is 3.78. The molecule has 0 bridgehead atoms. The molecule has 190 valence electrons. The number of carbonyl (C=O) groups excluding carboxylic acids is 2. The van der Waals surface area contributed by atoms with Gasteiger partial charge in [-0.2, -0.15) is 0 Å². The van der Waals surface area contributed by atoms with Crippen molar-refractivity contribution in [3.05, 3.63) is 104 Å². The van der Waals surface area contributed by atoms with Crippen molar-refractivity contribution in [3.63, 3.8) is 0 Å². The van der Waals surface area contributed by atoms with Gasteiger partial charge < -0.3 is 10.2 Å². The van der Waals surface area contributed by atoms with E-state index in [1.807, 2.05) is 44.2 Å². The highest BCUT2D eigenvalue weighted by Gasteiger charge is 2.31. The molecule has 36 heavy (non-hydrogen) atoms. The molecular weight excluding hydrogens is 522 g/mol. The first-order valence-electron chi connectivity index (χ1n) is 11.7. The van der Waals surface area contributed by atoms with Crippen LogP contribution in [-0.2, 0) is 29.0 Å². The van der Waals surface area contributed by atoms with Gasteiger partial charge in [0, 0.05) is 29.6 Å². The third-order valence-electron chi connectivity index (χ3n) is 6.00. The fourth-order valence-corrected chi connectivity index (χ4v) is 4.33. The highest BCUT2D eigenvalue weighted by Crippen LogP contribution is 2.26. The van der Waals surface area contributed by atoms with E-state index in [1.54, 1.807) is 18.2 Å². The molecule has 2 amide bonds. The van der Waals surface area contributed by atoms with Gasteiger partial charge in [-0.25, -0.2) is 4.39 Å². The van der Waals surface area contributed by atoms with Crippen molar-refractivity contribution >= 4 is 46.6 Å². The molecule has 1 N–H and O–H groups in total. The first-order chi connectivity index (χ1) is 17.2. The van der Waals surface area contributed by atoms with E-state index in [2.05, 4.69) is 5.32 Å². The number of halogens is 4. The smallest absolute Gasteiger partial charge is 0.243 e. The average Bonchev–Trinajstić information content (AvgIpc) is 2.86. The molecule has 0 radical (unpaired) electrons. The van der Waals surface area contributed by atoms with Gasteiger partial charge in [-0.15, -0.1) is 0 Å². The maximum Gasteiger partial charge on any atom is 0.243 e. The minimum atomic E-state index is -0.853. The first-order valence-corrected chi connectivity index (χ1v) is 12.8. The second-order valence-corrected chi connectivity index (χ2v) is 9.89. The minimum Gasteiger partial charge on any atom is -0.352 e. The molecule has 0 aliphatic rings. The average molecular weight is 550 g/mol. The molecule has 0 spiro atoms. The van der Waals surface area contributed by atoms with Crippen LogP contribution in [0.4, 0.5) is 4.39 Å². The van der Waals surface area contributed by atoms with Crippen molar-refractivity contribution in [2.75, 3.05) is 0 Å². The summed E-state index contributed by atoms with van der Waals surface area (Å²) in [4.78, 5) is 28.7. The van der Waals surface area contributed by atoms with Gasteiger partial charge in [0.15, 0.2) is 0 Å². The molecule has 0 saturated carbocycles. The number of amides is 2. The van der Waals surface area contributed by atoms with Crippen molar-refractivity contribution in [2.45, 2.75) is 51.7 Å². The summed E-state index contributed by atoms with van der Waals surface area (Å²) in [5, 5.41) is 3.87. The van der Waals surface area contributed by atoms with E-state index < -0.39 is 17.8 Å². The SMILES string of the molecule is CCC(C)NC(=O)C(Cc1ccccc1)N(Cc1ccc(Cl)c(Cl)c1)C(=O)Cc1c(F)cccc1Cl. The molecule has 4 nitrogen and oxygen atoms in total. The predicted molar refractivity (Wildman–Crippen MR) is 144 cm³/mol. The Hall–Kier alpha value is -2.60. The summed E-state index contributed by atoms with van der Waals surface area (Å²) in [6.45, 7) is 3.95. The first kappa shape index (κ1) is 28.0. The molecule has 0 heterocycles. The second-order valence-electron chi connectivity index (χ2n) is 8.67. The third-order valence-corrected chi connectivity index (χ3v) is 7.09. The molecule has 0 aliphatic carbocycles. The van der Waals surface area contributed by atoms with Crippen molar-refractivity contribution in [1.29, 1.82) is 0 Å². The number of hydrogen-bond acceptors (Lipinski definition) is 2. The van der Waals surface area contributed by atoms with E-state index in [1.165, 1.54) is 23.1 Å². The van der Waals surface area contributed by atoms with E-state index in [4.69, 9.17) is 34.8 Å². The van der Waals surface area contributed by atoms with Gasteiger partial charge >= 0.3 is 0 Å². The number of benzene rings is 3. The van der Waals surface area contributed by atoms with E-state index in [0.29, 0.717) is 15.6 Å². The van der Waals surface area contributed by atoms with Crippen LogP contribution in [0.15, 0.2) is 66.7 Å². The normalized spacial score (nSPS) is 12.6. The maximum absolute atomic E-state index is 14.6. The summed E-state index contributed by atoms with van der Waals surface area (Å²) < 4.78 is 14.6. The van der Waals surface area contributed by atoms with Crippen molar-refractivity contribution in [2.24, 2.45) is 0 Å². The van der Waals surface area contributed by atoms with Gasteiger partial charge in [-0.05, 0) is 48.7 Å². The summed E-state index contributed by atoms with van der Waals surface area (Å²) in [6, 6.07) is 17.8. The van der Waals surface area contributed by atoms with Gasteiger partial charge in [-0.1, -0.05) is 84.2 Å². The molecule has 3 rings (SSSR count). The Bertz CT molecular complexity index is 1190. The zero-order valence-corrected chi connectivity index (χ0v) is 22.4. The van der Waals surface area contributed by atoms with Crippen LogP contribution in [0, 0.1) is 5.82 Å². The molecule has 2 atom stereocenters. The van der Waals surface area contributed by atoms with Crippen LogP contribution in [0.5, 0.6) is 0 Å². The van der Waals surface area contributed by atoms with Crippen LogP contribution in [0.1, 0.15) is 37.0 Å². The van der Waals surface area contributed by atoms with Crippen molar-refractivity contribution < 1.29 is 14.0 Å². The standard InChI is InChI=1S/C28H28Cl3FN2O2/c1-3-18(2)33-28(36)26(15-19-8-5-4-6-9-19)34(17-20-12-13-23(30)24(31)14-20)27(35)16-21-22(29)10-7-11-25(21)32/h4-14,18,26H,3,15-17H2,1-2H3,(H,33,36). The largest absolute Gasteiger partial charge is 0.352 e. The lowest BCUT2D eigenvalue weighted by molar-refractivity contribution is -0.141. The number of carbonyl (C=O) groups is 2. The van der Waals surface area contributed by atoms with Crippen molar-refractivity contribution in [3.8, 4) is 0 Å². The Morgan fingerprint density at radius 3 is 2.28 bits per heavy atom. The van der Waals surface area contributed by atoms with Crippen LogP contribution in [0.2, 0.25) is 15.1 Å². The summed E-state index contributed by atoms with van der Waals surface area (Å²) in [6.07, 6.45) is 0.714. The monoisotopic (exact) mass is 548 g/mol. The molecule has 3 aromatic rings. The van der Waals surface area contributed by atoms with Gasteiger partial charge in [-0.3, -0.25) is 9.59 Å². The summed E-state index contributed by atoms with van der Waals surface area (Å²) >= 11 is 18.5. The van der Waals surface area contributed by atoms with Gasteiger partial charge in [0.1, 0.15) is 11.9 Å². The number of rotatable bonds is 10. The van der Waals surface area contributed by atoms with Crippen LogP contribution in [0.25, 0.3) is 0 Å². The summed E-state index contributed by atoms with van der Waals surface area (Å²) in [5.74, 6) is -1.30. The highest BCUT2D eigenvalue weighted by atomic mass is 35.5. The minimum absolute atomic E-state index is 0.0766. The van der Waals surface area contributed by atoms with E-state index in [-0.39, 0.29) is 41.9 Å². The van der Waals surface area contributed by atoms with Gasteiger partial charge in [0.05, 0.1) is 16.5 Å². The molecule has 3 aromatic carbocycles. The lowest BCUT2D eigenvalue weighted by Gasteiger charge is -2.32. The summed E-state index contributed by atoms with van der Waals surface area (Å²) in [7, 11) is 0. The summed E-state index contributed by atoms with van der Waals surface area (Å²) in [5.41, 5.74) is 1.66. The number of nitrogens with one attached hydrogen (secondary N) is 1. The Morgan fingerprint density at radius 1 is 0.917 bits per heavy atom. The van der Waals surface area contributed by atoms with Crippen molar-refractivity contribution in [1.82, 2.24) is 10.2 Å². The maximum atomic E-state index is 14.6. The fraction of sp³-hybridized carbons (Fsp3) is 0.286. The molecule has 8 heteroatoms. The zero-order valence-electron chi connectivity index (χ0n) is 20.1. The van der Waals surface area contributed by atoms with Crippen LogP contribution in [-0.4, -0.2) is 28.8 Å². The number of nitrogens with zero attached hydrogens (tertiary/aromatic N) is 1. The Morgan fingerprint density at radius 2 is 1.64 bits per heavy atom. The molecule has 2 unspecified atom stereocenters. The Labute approximate surface area is 226 Å². The van der Waals surface area contributed by atoms with E-state index >= 15 is 0 Å². The topological polar surface area (TPSA) is 49.4 Å². The van der Waals surface area contributed by atoms with Gasteiger partial charge in [0.2, 0.25) is 11.8 Å². The molecule has 0 aliphatic heterocycles. The van der Waals surface area contributed by atoms with Crippen LogP contribution >= 0.6 is 34.8 Å². The van der Waals surface area contributed by atoms with Crippen LogP contribution in [0.3, 0.4) is 0 Å².